The smallest absolute Gasteiger partial charge is 0.308 e. The van der Waals surface area contributed by atoms with Gasteiger partial charge in [-0.2, -0.15) is 0 Å². The van der Waals surface area contributed by atoms with E-state index in [0.29, 0.717) is 13.0 Å². The van der Waals surface area contributed by atoms with Crippen LogP contribution < -0.4 is 5.32 Å². The molecule has 2 rings (SSSR count). The summed E-state index contributed by atoms with van der Waals surface area (Å²) in [6.07, 6.45) is 2.50. The van der Waals surface area contributed by atoms with Crippen LogP contribution in [0.2, 0.25) is 0 Å². The van der Waals surface area contributed by atoms with Crippen LogP contribution in [-0.2, 0) is 27.4 Å². The third-order valence-corrected chi connectivity index (χ3v) is 3.85. The van der Waals surface area contributed by atoms with E-state index in [4.69, 9.17) is 9.84 Å². The molecular weight excluding hydrogens is 270 g/mol. The molecule has 5 heteroatoms. The summed E-state index contributed by atoms with van der Waals surface area (Å²) in [6.45, 7) is 0.513. The van der Waals surface area contributed by atoms with Crippen molar-refractivity contribution < 1.29 is 19.4 Å². The highest BCUT2D eigenvalue weighted by Crippen LogP contribution is 2.25. The fraction of sp³-hybridized carbons (Fsp3) is 0.500. The van der Waals surface area contributed by atoms with Crippen molar-refractivity contribution in [3.63, 3.8) is 0 Å². The third-order valence-electron chi connectivity index (χ3n) is 3.85. The first-order valence-corrected chi connectivity index (χ1v) is 7.19. The topological polar surface area (TPSA) is 75.6 Å². The van der Waals surface area contributed by atoms with Crippen LogP contribution in [0, 0.1) is 5.92 Å². The lowest BCUT2D eigenvalue weighted by Gasteiger charge is -2.17. The predicted molar refractivity (Wildman–Crippen MR) is 77.8 cm³/mol. The van der Waals surface area contributed by atoms with E-state index in [-0.39, 0.29) is 18.4 Å². The second-order valence-corrected chi connectivity index (χ2v) is 5.48. The Morgan fingerprint density at radius 1 is 1.33 bits per heavy atom. The Kier molecular flexibility index (Phi) is 5.33. The number of amides is 1. The van der Waals surface area contributed by atoms with Crippen LogP contribution in [-0.4, -0.2) is 30.1 Å². The summed E-state index contributed by atoms with van der Waals surface area (Å²) in [7, 11) is 1.63. The minimum atomic E-state index is -0.820. The Hall–Kier alpha value is -1.88. The molecule has 0 heterocycles. The summed E-state index contributed by atoms with van der Waals surface area (Å²) < 4.78 is 5.07. The van der Waals surface area contributed by atoms with Crippen molar-refractivity contribution in [1.82, 2.24) is 5.32 Å². The number of rotatable bonds is 6. The maximum Gasteiger partial charge on any atom is 0.308 e. The van der Waals surface area contributed by atoms with Crippen LogP contribution in [0.25, 0.3) is 0 Å². The van der Waals surface area contributed by atoms with E-state index in [1.807, 2.05) is 24.3 Å². The van der Waals surface area contributed by atoms with Gasteiger partial charge in [0.25, 0.3) is 0 Å². The molecule has 1 saturated carbocycles. The first-order valence-electron chi connectivity index (χ1n) is 7.19. The lowest BCUT2D eigenvalue weighted by Crippen LogP contribution is -2.40. The molecule has 1 aromatic carbocycles. The highest BCUT2D eigenvalue weighted by Gasteiger charge is 2.33. The molecule has 0 aromatic heterocycles. The van der Waals surface area contributed by atoms with Crippen LogP contribution in [0.1, 0.15) is 30.4 Å². The molecule has 0 spiro atoms. The molecule has 1 aromatic rings. The van der Waals surface area contributed by atoms with Crippen molar-refractivity contribution in [2.45, 2.75) is 38.3 Å². The summed E-state index contributed by atoms with van der Waals surface area (Å²) in [5.74, 6) is -1.39. The van der Waals surface area contributed by atoms with Gasteiger partial charge in [0, 0.05) is 13.2 Å². The van der Waals surface area contributed by atoms with Gasteiger partial charge in [0.1, 0.15) is 0 Å². The molecule has 2 atom stereocenters. The van der Waals surface area contributed by atoms with Crippen molar-refractivity contribution in [2.75, 3.05) is 7.11 Å². The van der Waals surface area contributed by atoms with Gasteiger partial charge in [-0.1, -0.05) is 30.7 Å². The summed E-state index contributed by atoms with van der Waals surface area (Å²) in [6, 6.07) is 7.43. The highest BCUT2D eigenvalue weighted by atomic mass is 16.5. The summed E-state index contributed by atoms with van der Waals surface area (Å²) in [5.41, 5.74) is 1.93. The zero-order chi connectivity index (χ0) is 15.2. The number of hydrogen-bond donors (Lipinski definition) is 2. The Morgan fingerprint density at radius 2 is 2.10 bits per heavy atom. The van der Waals surface area contributed by atoms with Gasteiger partial charge < -0.3 is 15.2 Å². The van der Waals surface area contributed by atoms with Crippen LogP contribution in [0.4, 0.5) is 0 Å². The number of carbonyl (C=O) groups excluding carboxylic acids is 1. The van der Waals surface area contributed by atoms with Crippen LogP contribution in [0.5, 0.6) is 0 Å². The standard InChI is InChI=1S/C16H21NO4/c1-21-10-12-5-2-4-11(8-12)9-15(18)17-14-7-3-6-13(14)16(19)20/h2,4-5,8,13-14H,3,6-7,9-10H2,1H3,(H,17,18)(H,19,20)/t13-,14+/m0/s1. The van der Waals surface area contributed by atoms with E-state index >= 15 is 0 Å². The molecule has 1 aliphatic rings. The summed E-state index contributed by atoms with van der Waals surface area (Å²) in [4.78, 5) is 23.2. The number of nitrogens with one attached hydrogen (secondary N) is 1. The Labute approximate surface area is 124 Å². The van der Waals surface area contributed by atoms with Crippen molar-refractivity contribution in [3.05, 3.63) is 35.4 Å². The first-order chi connectivity index (χ1) is 10.1. The summed E-state index contributed by atoms with van der Waals surface area (Å²) >= 11 is 0. The van der Waals surface area contributed by atoms with E-state index < -0.39 is 11.9 Å². The molecule has 0 radical (unpaired) electrons. The molecular formula is C16H21NO4. The number of ether oxygens (including phenoxy) is 1. The van der Waals surface area contributed by atoms with E-state index in [2.05, 4.69) is 5.32 Å². The number of carboxylic acids is 1. The highest BCUT2D eigenvalue weighted by molar-refractivity contribution is 5.80. The van der Waals surface area contributed by atoms with E-state index in [1.165, 1.54) is 0 Å². The number of methoxy groups -OCH3 is 1. The number of hydrogen-bond acceptors (Lipinski definition) is 3. The largest absolute Gasteiger partial charge is 0.481 e. The maximum absolute atomic E-state index is 12.1. The van der Waals surface area contributed by atoms with Gasteiger partial charge in [-0.3, -0.25) is 9.59 Å². The average molecular weight is 291 g/mol. The fourth-order valence-electron chi connectivity index (χ4n) is 2.87. The second-order valence-electron chi connectivity index (χ2n) is 5.48. The summed E-state index contributed by atoms with van der Waals surface area (Å²) in [5, 5.41) is 12.0. The SMILES string of the molecule is COCc1cccc(CC(=O)N[C@@H]2CCC[C@@H]2C(=O)O)c1. The zero-order valence-electron chi connectivity index (χ0n) is 12.2. The van der Waals surface area contributed by atoms with E-state index in [0.717, 1.165) is 24.0 Å². The molecule has 21 heavy (non-hydrogen) atoms. The number of benzene rings is 1. The first kappa shape index (κ1) is 15.5. The monoisotopic (exact) mass is 291 g/mol. The molecule has 114 valence electrons. The van der Waals surface area contributed by atoms with Crippen molar-refractivity contribution in [2.24, 2.45) is 5.92 Å². The molecule has 1 amide bonds. The van der Waals surface area contributed by atoms with Gasteiger partial charge in [-0.25, -0.2) is 0 Å². The van der Waals surface area contributed by atoms with Gasteiger partial charge >= 0.3 is 5.97 Å². The number of carboxylic acid groups (broad SMARTS) is 1. The maximum atomic E-state index is 12.1. The molecule has 0 bridgehead atoms. The lowest BCUT2D eigenvalue weighted by atomic mass is 10.0. The second kappa shape index (κ2) is 7.22. The molecule has 0 unspecified atom stereocenters. The van der Waals surface area contributed by atoms with Gasteiger partial charge in [0.05, 0.1) is 18.9 Å². The van der Waals surface area contributed by atoms with Gasteiger partial charge in [0.15, 0.2) is 0 Å². The Morgan fingerprint density at radius 3 is 2.81 bits per heavy atom. The number of carbonyl (C=O) groups is 2. The molecule has 1 fully saturated rings. The van der Waals surface area contributed by atoms with Crippen molar-refractivity contribution in [3.8, 4) is 0 Å². The quantitative estimate of drug-likeness (QED) is 0.837. The minimum Gasteiger partial charge on any atom is -0.481 e. The lowest BCUT2D eigenvalue weighted by molar-refractivity contribution is -0.142. The molecule has 1 aliphatic carbocycles. The van der Waals surface area contributed by atoms with Crippen molar-refractivity contribution >= 4 is 11.9 Å². The molecule has 5 nitrogen and oxygen atoms in total. The van der Waals surface area contributed by atoms with Crippen LogP contribution in [0.15, 0.2) is 24.3 Å². The van der Waals surface area contributed by atoms with Crippen molar-refractivity contribution in [1.29, 1.82) is 0 Å². The van der Waals surface area contributed by atoms with Crippen LogP contribution >= 0.6 is 0 Å². The Bertz CT molecular complexity index is 515. The van der Waals surface area contributed by atoms with Gasteiger partial charge in [-0.15, -0.1) is 0 Å². The zero-order valence-corrected chi connectivity index (χ0v) is 12.2. The molecule has 0 aliphatic heterocycles. The van der Waals surface area contributed by atoms with E-state index in [1.54, 1.807) is 7.11 Å². The normalized spacial score (nSPS) is 21.2. The van der Waals surface area contributed by atoms with Gasteiger partial charge in [-0.05, 0) is 24.0 Å². The third kappa shape index (κ3) is 4.29. The van der Waals surface area contributed by atoms with Gasteiger partial charge in [0.2, 0.25) is 5.91 Å². The molecule has 2 N–H and O–H groups in total. The van der Waals surface area contributed by atoms with Crippen LogP contribution in [0.3, 0.4) is 0 Å². The predicted octanol–water partition coefficient (Wildman–Crippen LogP) is 1.75. The fourth-order valence-corrected chi connectivity index (χ4v) is 2.87. The van der Waals surface area contributed by atoms with E-state index in [9.17, 15) is 9.59 Å². The number of aliphatic carboxylic acids is 1. The Balaban J connectivity index is 1.92. The molecule has 0 saturated heterocycles. The minimum absolute atomic E-state index is 0.122. The average Bonchev–Trinajstić information content (AvgIpc) is 2.87.